The van der Waals surface area contributed by atoms with Gasteiger partial charge in [0.2, 0.25) is 5.95 Å². The van der Waals surface area contributed by atoms with E-state index in [2.05, 4.69) is 25.5 Å². The first kappa shape index (κ1) is 21.4. The first-order valence-electron chi connectivity index (χ1n) is 10.6. The van der Waals surface area contributed by atoms with Gasteiger partial charge in [-0.1, -0.05) is 18.2 Å². The van der Waals surface area contributed by atoms with E-state index in [1.807, 2.05) is 42.5 Å². The number of para-hydroxylation sites is 2. The molecule has 0 spiro atoms. The zero-order chi connectivity index (χ0) is 22.3. The van der Waals surface area contributed by atoms with Crippen LogP contribution in [0.25, 0.3) is 0 Å². The van der Waals surface area contributed by atoms with Gasteiger partial charge in [0, 0.05) is 30.9 Å². The van der Waals surface area contributed by atoms with Crippen LogP contribution in [0.3, 0.4) is 0 Å². The van der Waals surface area contributed by atoms with E-state index in [-0.39, 0.29) is 11.9 Å². The van der Waals surface area contributed by atoms with Crippen molar-refractivity contribution >= 4 is 23.4 Å². The third-order valence-corrected chi connectivity index (χ3v) is 5.46. The number of carbonyl (C=O) groups is 1. The molecular formula is C24H27N5O3. The van der Waals surface area contributed by atoms with E-state index in [0.717, 1.165) is 37.4 Å². The van der Waals surface area contributed by atoms with E-state index in [1.165, 1.54) is 0 Å². The summed E-state index contributed by atoms with van der Waals surface area (Å²) in [6.07, 6.45) is 3.39. The Hall–Kier alpha value is -3.81. The Morgan fingerprint density at radius 3 is 2.62 bits per heavy atom. The molecule has 4 rings (SSSR count). The van der Waals surface area contributed by atoms with Gasteiger partial charge < -0.3 is 25.0 Å². The molecule has 2 N–H and O–H groups in total. The Morgan fingerprint density at radius 2 is 1.84 bits per heavy atom. The van der Waals surface area contributed by atoms with Crippen molar-refractivity contribution in [3.63, 3.8) is 0 Å². The number of hydrogen-bond donors (Lipinski definition) is 2. The number of piperidine rings is 1. The molecule has 0 bridgehead atoms. The van der Waals surface area contributed by atoms with Gasteiger partial charge in [0.15, 0.2) is 0 Å². The number of anilines is 3. The van der Waals surface area contributed by atoms with E-state index in [1.54, 1.807) is 32.5 Å². The predicted molar refractivity (Wildman–Crippen MR) is 124 cm³/mol. The second-order valence-corrected chi connectivity index (χ2v) is 7.53. The molecule has 1 saturated heterocycles. The van der Waals surface area contributed by atoms with Crippen LogP contribution < -0.4 is 25.0 Å². The van der Waals surface area contributed by atoms with Gasteiger partial charge in [-0.2, -0.15) is 4.98 Å². The van der Waals surface area contributed by atoms with E-state index in [9.17, 15) is 4.79 Å². The highest BCUT2D eigenvalue weighted by atomic mass is 16.5. The van der Waals surface area contributed by atoms with Crippen LogP contribution in [0.2, 0.25) is 0 Å². The average Bonchev–Trinajstić information content (AvgIpc) is 2.85. The number of amides is 1. The lowest BCUT2D eigenvalue weighted by Crippen LogP contribution is -2.45. The van der Waals surface area contributed by atoms with Crippen LogP contribution >= 0.6 is 0 Å². The van der Waals surface area contributed by atoms with Crippen LogP contribution in [-0.4, -0.2) is 49.2 Å². The molecule has 0 aliphatic carbocycles. The number of carbonyl (C=O) groups excluding carboxylic acids is 1. The van der Waals surface area contributed by atoms with Crippen molar-refractivity contribution in [2.75, 3.05) is 37.5 Å². The summed E-state index contributed by atoms with van der Waals surface area (Å²) in [6, 6.07) is 16.8. The van der Waals surface area contributed by atoms with Crippen molar-refractivity contribution in [3.8, 4) is 11.5 Å². The molecule has 1 aliphatic heterocycles. The van der Waals surface area contributed by atoms with Gasteiger partial charge in [0.25, 0.3) is 5.91 Å². The molecule has 8 heteroatoms. The first-order chi connectivity index (χ1) is 15.7. The van der Waals surface area contributed by atoms with Gasteiger partial charge in [-0.05, 0) is 49.2 Å². The molecule has 0 saturated carbocycles. The summed E-state index contributed by atoms with van der Waals surface area (Å²) >= 11 is 0. The Balaban J connectivity index is 1.35. The fourth-order valence-electron chi connectivity index (χ4n) is 3.71. The molecule has 1 aromatic heterocycles. The number of methoxy groups -OCH3 is 2. The van der Waals surface area contributed by atoms with Crippen LogP contribution in [-0.2, 0) is 0 Å². The van der Waals surface area contributed by atoms with Gasteiger partial charge in [-0.25, -0.2) is 4.98 Å². The van der Waals surface area contributed by atoms with Gasteiger partial charge in [0.05, 0.1) is 19.9 Å². The highest BCUT2D eigenvalue weighted by Crippen LogP contribution is 2.27. The topological polar surface area (TPSA) is 88.6 Å². The zero-order valence-corrected chi connectivity index (χ0v) is 18.2. The molecule has 1 amide bonds. The highest BCUT2D eigenvalue weighted by molar-refractivity contribution is 5.94. The second-order valence-electron chi connectivity index (χ2n) is 7.53. The minimum Gasteiger partial charge on any atom is -0.497 e. The molecule has 3 aromatic rings. The third kappa shape index (κ3) is 5.08. The Bertz CT molecular complexity index is 1070. The summed E-state index contributed by atoms with van der Waals surface area (Å²) in [7, 11) is 3.23. The van der Waals surface area contributed by atoms with Gasteiger partial charge >= 0.3 is 0 Å². The molecule has 2 aromatic carbocycles. The number of ether oxygens (including phenoxy) is 2. The van der Waals surface area contributed by atoms with Crippen molar-refractivity contribution < 1.29 is 14.3 Å². The molecule has 2 heterocycles. The maximum atomic E-state index is 12.6. The van der Waals surface area contributed by atoms with Crippen LogP contribution in [0.5, 0.6) is 11.5 Å². The smallest absolute Gasteiger partial charge is 0.251 e. The minimum atomic E-state index is -0.0818. The van der Waals surface area contributed by atoms with Crippen molar-refractivity contribution in [1.29, 1.82) is 0 Å². The highest BCUT2D eigenvalue weighted by Gasteiger charge is 2.23. The molecular weight excluding hydrogens is 406 g/mol. The molecule has 166 valence electrons. The van der Waals surface area contributed by atoms with E-state index >= 15 is 0 Å². The van der Waals surface area contributed by atoms with Crippen LogP contribution in [0.1, 0.15) is 23.2 Å². The monoisotopic (exact) mass is 433 g/mol. The Kier molecular flexibility index (Phi) is 6.69. The van der Waals surface area contributed by atoms with Crippen molar-refractivity contribution in [1.82, 2.24) is 15.3 Å². The lowest BCUT2D eigenvalue weighted by atomic mass is 10.0. The van der Waals surface area contributed by atoms with Crippen LogP contribution in [0.15, 0.2) is 60.8 Å². The third-order valence-electron chi connectivity index (χ3n) is 5.46. The van der Waals surface area contributed by atoms with Crippen LogP contribution in [0, 0.1) is 0 Å². The normalized spacial score (nSPS) is 14.0. The second kappa shape index (κ2) is 10.00. The Morgan fingerprint density at radius 1 is 1.03 bits per heavy atom. The quantitative estimate of drug-likeness (QED) is 0.588. The van der Waals surface area contributed by atoms with Gasteiger partial charge in [-0.3, -0.25) is 4.79 Å². The number of aromatic nitrogens is 2. The van der Waals surface area contributed by atoms with Crippen molar-refractivity contribution in [2.45, 2.75) is 18.9 Å². The number of nitrogens with one attached hydrogen (secondary N) is 2. The molecule has 0 unspecified atom stereocenters. The fourth-order valence-corrected chi connectivity index (χ4v) is 3.71. The summed E-state index contributed by atoms with van der Waals surface area (Å²) in [5, 5.41) is 6.42. The molecule has 0 atom stereocenters. The minimum absolute atomic E-state index is 0.0818. The lowest BCUT2D eigenvalue weighted by Gasteiger charge is -2.32. The maximum absolute atomic E-state index is 12.6. The molecule has 1 fully saturated rings. The van der Waals surface area contributed by atoms with Gasteiger partial charge in [-0.15, -0.1) is 0 Å². The van der Waals surface area contributed by atoms with E-state index in [4.69, 9.17) is 9.47 Å². The number of nitrogens with zero attached hydrogens (tertiary/aromatic N) is 3. The van der Waals surface area contributed by atoms with Crippen molar-refractivity contribution in [2.24, 2.45) is 0 Å². The van der Waals surface area contributed by atoms with E-state index in [0.29, 0.717) is 23.1 Å². The average molecular weight is 434 g/mol. The molecule has 1 aliphatic rings. The van der Waals surface area contributed by atoms with Gasteiger partial charge in [0.1, 0.15) is 17.3 Å². The summed E-state index contributed by atoms with van der Waals surface area (Å²) in [6.45, 7) is 1.53. The number of hydrogen-bond acceptors (Lipinski definition) is 7. The van der Waals surface area contributed by atoms with Crippen molar-refractivity contribution in [3.05, 3.63) is 66.4 Å². The first-order valence-corrected chi connectivity index (χ1v) is 10.6. The largest absolute Gasteiger partial charge is 0.497 e. The number of benzene rings is 2. The van der Waals surface area contributed by atoms with E-state index < -0.39 is 0 Å². The molecule has 0 radical (unpaired) electrons. The standard InChI is InChI=1S/C24H27N5O3/c1-31-19-7-5-6-17(16-19)23(30)26-18-11-14-29(15-12-18)24-25-13-10-22(28-24)27-20-8-3-4-9-21(20)32-2/h3-10,13,16,18H,11-12,14-15H2,1-2H3,(H,26,30)(H,25,27,28). The summed E-state index contributed by atoms with van der Waals surface area (Å²) in [5.74, 6) is 2.71. The lowest BCUT2D eigenvalue weighted by molar-refractivity contribution is 0.0930. The van der Waals surface area contributed by atoms with Crippen LogP contribution in [0.4, 0.5) is 17.5 Å². The fraction of sp³-hybridized carbons (Fsp3) is 0.292. The SMILES string of the molecule is COc1cccc(C(=O)NC2CCN(c3nccc(Nc4ccccc4OC)n3)CC2)c1. The maximum Gasteiger partial charge on any atom is 0.251 e. The summed E-state index contributed by atoms with van der Waals surface area (Å²) in [5.41, 5.74) is 1.45. The molecule has 8 nitrogen and oxygen atoms in total. The predicted octanol–water partition coefficient (Wildman–Crippen LogP) is 3.64. The number of rotatable bonds is 7. The Labute approximate surface area is 187 Å². The molecule has 32 heavy (non-hydrogen) atoms. The zero-order valence-electron chi connectivity index (χ0n) is 18.2. The summed E-state index contributed by atoms with van der Waals surface area (Å²) in [4.78, 5) is 23.8. The summed E-state index contributed by atoms with van der Waals surface area (Å²) < 4.78 is 10.6.